The van der Waals surface area contributed by atoms with Crippen LogP contribution in [0.4, 0.5) is 0 Å². The average Bonchev–Trinajstić information content (AvgIpc) is 2.32. The fourth-order valence-electron chi connectivity index (χ4n) is 3.09. The summed E-state index contributed by atoms with van der Waals surface area (Å²) in [5.41, 5.74) is 0. The predicted molar refractivity (Wildman–Crippen MR) is 66.6 cm³/mol. The summed E-state index contributed by atoms with van der Waals surface area (Å²) in [4.78, 5) is 2.69. The Balaban J connectivity index is 1.93. The second-order valence-corrected chi connectivity index (χ2v) is 5.55. The summed E-state index contributed by atoms with van der Waals surface area (Å²) < 4.78 is 5.45. The third-order valence-electron chi connectivity index (χ3n) is 4.28. The highest BCUT2D eigenvalue weighted by Gasteiger charge is 2.31. The highest BCUT2D eigenvalue weighted by atomic mass is 16.5. The Kier molecular flexibility index (Phi) is 4.22. The monoisotopic (exact) mass is 226 g/mol. The number of hydrogen-bond donors (Lipinski definition) is 1. The van der Waals surface area contributed by atoms with E-state index in [9.17, 15) is 0 Å². The minimum atomic E-state index is 0.637. The molecule has 2 aliphatic rings. The maximum Gasteiger partial charge on any atom is 0.0469 e. The van der Waals surface area contributed by atoms with Crippen LogP contribution in [0.1, 0.15) is 33.6 Å². The van der Waals surface area contributed by atoms with Crippen molar-refractivity contribution >= 4 is 0 Å². The van der Waals surface area contributed by atoms with Gasteiger partial charge in [-0.3, -0.25) is 4.90 Å². The first-order valence-corrected chi connectivity index (χ1v) is 6.75. The van der Waals surface area contributed by atoms with Gasteiger partial charge in [-0.25, -0.2) is 0 Å². The van der Waals surface area contributed by atoms with Crippen LogP contribution in [-0.4, -0.2) is 49.3 Å². The van der Waals surface area contributed by atoms with E-state index in [1.54, 1.807) is 0 Å². The molecule has 0 aromatic heterocycles. The topological polar surface area (TPSA) is 24.5 Å². The van der Waals surface area contributed by atoms with E-state index in [2.05, 4.69) is 31.0 Å². The zero-order valence-corrected chi connectivity index (χ0v) is 10.9. The molecule has 94 valence electrons. The Morgan fingerprint density at radius 3 is 2.62 bits per heavy atom. The fourth-order valence-corrected chi connectivity index (χ4v) is 3.09. The van der Waals surface area contributed by atoms with Crippen molar-refractivity contribution < 1.29 is 4.74 Å². The zero-order chi connectivity index (χ0) is 11.5. The van der Waals surface area contributed by atoms with E-state index < -0.39 is 0 Å². The molecular formula is C13H26N2O. The van der Waals surface area contributed by atoms with Gasteiger partial charge in [0.25, 0.3) is 0 Å². The molecule has 3 unspecified atom stereocenters. The van der Waals surface area contributed by atoms with Crippen LogP contribution >= 0.6 is 0 Å². The van der Waals surface area contributed by atoms with E-state index in [4.69, 9.17) is 4.74 Å². The van der Waals surface area contributed by atoms with Crippen molar-refractivity contribution in [3.8, 4) is 0 Å². The first kappa shape index (κ1) is 12.3. The maximum absolute atomic E-state index is 5.45. The van der Waals surface area contributed by atoms with Gasteiger partial charge in [-0.05, 0) is 39.5 Å². The number of hydrogen-bond acceptors (Lipinski definition) is 3. The molecular weight excluding hydrogens is 200 g/mol. The van der Waals surface area contributed by atoms with E-state index in [-0.39, 0.29) is 0 Å². The van der Waals surface area contributed by atoms with Crippen molar-refractivity contribution in [3.63, 3.8) is 0 Å². The molecule has 0 aromatic rings. The number of ether oxygens (including phenoxy) is 1. The molecule has 2 heterocycles. The minimum Gasteiger partial charge on any atom is -0.381 e. The van der Waals surface area contributed by atoms with E-state index in [0.717, 1.165) is 25.7 Å². The van der Waals surface area contributed by atoms with Crippen LogP contribution in [0.2, 0.25) is 0 Å². The average molecular weight is 226 g/mol. The molecule has 3 heteroatoms. The van der Waals surface area contributed by atoms with Gasteiger partial charge in [0, 0.05) is 44.4 Å². The Morgan fingerprint density at radius 2 is 1.94 bits per heavy atom. The lowest BCUT2D eigenvalue weighted by Crippen LogP contribution is -2.58. The summed E-state index contributed by atoms with van der Waals surface area (Å²) in [5.74, 6) is 0.835. The molecule has 0 amide bonds. The largest absolute Gasteiger partial charge is 0.381 e. The Labute approximate surface area is 99.5 Å². The van der Waals surface area contributed by atoms with Crippen LogP contribution < -0.4 is 5.32 Å². The lowest BCUT2D eigenvalue weighted by Gasteiger charge is -2.44. The van der Waals surface area contributed by atoms with Crippen LogP contribution in [0.5, 0.6) is 0 Å². The summed E-state index contributed by atoms with van der Waals surface area (Å²) in [7, 11) is 0. The lowest BCUT2D eigenvalue weighted by atomic mass is 9.90. The molecule has 0 bridgehead atoms. The molecule has 2 fully saturated rings. The Morgan fingerprint density at radius 1 is 1.25 bits per heavy atom. The molecule has 1 N–H and O–H groups in total. The van der Waals surface area contributed by atoms with Crippen molar-refractivity contribution in [1.82, 2.24) is 10.2 Å². The van der Waals surface area contributed by atoms with Gasteiger partial charge in [-0.15, -0.1) is 0 Å². The molecule has 0 aromatic carbocycles. The van der Waals surface area contributed by atoms with Crippen LogP contribution in [0.15, 0.2) is 0 Å². The number of piperazine rings is 1. The molecule has 3 atom stereocenters. The zero-order valence-electron chi connectivity index (χ0n) is 10.9. The Hall–Kier alpha value is -0.120. The molecule has 0 radical (unpaired) electrons. The molecule has 3 nitrogen and oxygen atoms in total. The third kappa shape index (κ3) is 2.76. The summed E-state index contributed by atoms with van der Waals surface area (Å²) in [5, 5.41) is 3.55. The first-order valence-electron chi connectivity index (χ1n) is 6.75. The van der Waals surface area contributed by atoms with Gasteiger partial charge in [0.1, 0.15) is 0 Å². The molecule has 0 aliphatic carbocycles. The maximum atomic E-state index is 5.45. The van der Waals surface area contributed by atoms with Gasteiger partial charge < -0.3 is 10.1 Å². The fraction of sp³-hybridized carbons (Fsp3) is 1.00. The predicted octanol–water partition coefficient (Wildman–Crippen LogP) is 1.48. The second-order valence-electron chi connectivity index (χ2n) is 5.55. The van der Waals surface area contributed by atoms with Crippen molar-refractivity contribution in [1.29, 1.82) is 0 Å². The molecule has 0 saturated carbocycles. The number of nitrogens with zero attached hydrogens (tertiary/aromatic N) is 1. The number of nitrogens with one attached hydrogen (secondary N) is 1. The van der Waals surface area contributed by atoms with Crippen LogP contribution in [-0.2, 0) is 4.74 Å². The van der Waals surface area contributed by atoms with Crippen LogP contribution in [0.3, 0.4) is 0 Å². The lowest BCUT2D eigenvalue weighted by molar-refractivity contribution is 0.00860. The van der Waals surface area contributed by atoms with Gasteiger partial charge in [-0.2, -0.15) is 0 Å². The molecule has 0 spiro atoms. The minimum absolute atomic E-state index is 0.637. The quantitative estimate of drug-likeness (QED) is 0.772. The molecule has 2 aliphatic heterocycles. The number of rotatable bonds is 2. The summed E-state index contributed by atoms with van der Waals surface area (Å²) >= 11 is 0. The normalized spacial score (nSPS) is 36.2. The van der Waals surface area contributed by atoms with Crippen molar-refractivity contribution in [2.75, 3.05) is 26.3 Å². The Bertz CT molecular complexity index is 216. The van der Waals surface area contributed by atoms with Crippen LogP contribution in [0, 0.1) is 5.92 Å². The molecule has 2 rings (SSSR count). The van der Waals surface area contributed by atoms with E-state index in [0.29, 0.717) is 18.1 Å². The first-order chi connectivity index (χ1) is 7.68. The van der Waals surface area contributed by atoms with Gasteiger partial charge in [-0.1, -0.05) is 0 Å². The van der Waals surface area contributed by atoms with E-state index in [1.165, 1.54) is 19.4 Å². The summed E-state index contributed by atoms with van der Waals surface area (Å²) in [6.45, 7) is 11.3. The highest BCUT2D eigenvalue weighted by molar-refractivity contribution is 4.87. The van der Waals surface area contributed by atoms with Gasteiger partial charge in [0.15, 0.2) is 0 Å². The summed E-state index contributed by atoms with van der Waals surface area (Å²) in [6.07, 6.45) is 2.48. The van der Waals surface area contributed by atoms with Crippen molar-refractivity contribution in [3.05, 3.63) is 0 Å². The highest BCUT2D eigenvalue weighted by Crippen LogP contribution is 2.25. The summed E-state index contributed by atoms with van der Waals surface area (Å²) in [6, 6.07) is 2.02. The molecule has 2 saturated heterocycles. The smallest absolute Gasteiger partial charge is 0.0469 e. The van der Waals surface area contributed by atoms with Gasteiger partial charge in [0.05, 0.1) is 0 Å². The SMILES string of the molecule is CC1CN(C(C)C2CCOCC2)C(C)CN1. The van der Waals surface area contributed by atoms with Crippen LogP contribution in [0.25, 0.3) is 0 Å². The van der Waals surface area contributed by atoms with E-state index in [1.807, 2.05) is 0 Å². The second kappa shape index (κ2) is 5.48. The van der Waals surface area contributed by atoms with Crippen molar-refractivity contribution in [2.45, 2.75) is 51.7 Å². The third-order valence-corrected chi connectivity index (χ3v) is 4.28. The van der Waals surface area contributed by atoms with Gasteiger partial charge in [0.2, 0.25) is 0 Å². The van der Waals surface area contributed by atoms with E-state index >= 15 is 0 Å². The van der Waals surface area contributed by atoms with Crippen molar-refractivity contribution in [2.24, 2.45) is 5.92 Å². The van der Waals surface area contributed by atoms with Gasteiger partial charge >= 0.3 is 0 Å². The standard InChI is InChI=1S/C13H26N2O/c1-10-9-15(11(2)8-14-10)12(3)13-4-6-16-7-5-13/h10-14H,4-9H2,1-3H3. The molecule has 16 heavy (non-hydrogen) atoms.